The molecule has 7 heteroatoms. The third kappa shape index (κ3) is 6.39. The van der Waals surface area contributed by atoms with Gasteiger partial charge in [-0.1, -0.05) is 91.4 Å². The summed E-state index contributed by atoms with van der Waals surface area (Å²) in [6, 6.07) is 31.2. The SMILES string of the molecule is C1=CNc2ccccc2C=C1.CC1C=c2c(O)cccc2=c2ccc3c(c21)CCC(N)C=3C(=O)c1ccc(NC(=O)c2ccccc2Cl)cc1. The molecule has 0 spiro atoms. The van der Waals surface area contributed by atoms with Crippen molar-refractivity contribution in [1.82, 2.24) is 0 Å². The molecule has 8 rings (SSSR count). The first-order valence-corrected chi connectivity index (χ1v) is 17.0. The highest BCUT2D eigenvalue weighted by Gasteiger charge is 2.28. The number of halogens is 1. The molecule has 1 heterocycles. The fourth-order valence-corrected chi connectivity index (χ4v) is 7.22. The Morgan fingerprint density at radius 3 is 2.44 bits per heavy atom. The lowest BCUT2D eigenvalue weighted by Gasteiger charge is -2.26. The van der Waals surface area contributed by atoms with E-state index in [1.165, 1.54) is 11.1 Å². The minimum Gasteiger partial charge on any atom is -0.507 e. The summed E-state index contributed by atoms with van der Waals surface area (Å²) in [5.74, 6) is -0.0677. The van der Waals surface area contributed by atoms with Gasteiger partial charge < -0.3 is 21.5 Å². The first kappa shape index (κ1) is 32.8. The first-order chi connectivity index (χ1) is 24.3. The maximum atomic E-state index is 13.8. The van der Waals surface area contributed by atoms with Crippen molar-refractivity contribution < 1.29 is 14.7 Å². The molecule has 2 aliphatic carbocycles. The summed E-state index contributed by atoms with van der Waals surface area (Å²) in [5, 5.41) is 20.7. The molecule has 2 unspecified atom stereocenters. The normalized spacial score (nSPS) is 16.5. The monoisotopic (exact) mass is 677 g/mol. The Kier molecular flexibility index (Phi) is 9.22. The van der Waals surface area contributed by atoms with Gasteiger partial charge in [0.25, 0.3) is 5.91 Å². The number of nitrogens with two attached hydrogens (primary N) is 1. The molecule has 1 amide bonds. The molecule has 1 aliphatic heterocycles. The third-order valence-corrected chi connectivity index (χ3v) is 9.75. The molecule has 3 aliphatic rings. The number of carbonyl (C=O) groups excluding carboxylic acids is 2. The van der Waals surface area contributed by atoms with Crippen molar-refractivity contribution >= 4 is 52.4 Å². The number of carbonyl (C=O) groups is 2. The fourth-order valence-electron chi connectivity index (χ4n) is 7.00. The van der Waals surface area contributed by atoms with E-state index >= 15 is 0 Å². The molecule has 0 fully saturated rings. The minimum absolute atomic E-state index is 0.0856. The van der Waals surface area contributed by atoms with Crippen LogP contribution >= 0.6 is 11.6 Å². The summed E-state index contributed by atoms with van der Waals surface area (Å²) >= 11 is 6.14. The van der Waals surface area contributed by atoms with Crippen LogP contribution in [0.3, 0.4) is 0 Å². The van der Waals surface area contributed by atoms with Gasteiger partial charge in [0.1, 0.15) is 5.75 Å². The van der Waals surface area contributed by atoms with Crippen LogP contribution in [0.25, 0.3) is 17.7 Å². The smallest absolute Gasteiger partial charge is 0.257 e. The highest BCUT2D eigenvalue weighted by atomic mass is 35.5. The lowest BCUT2D eigenvalue weighted by Crippen LogP contribution is -2.38. The Balaban J connectivity index is 0.000000302. The van der Waals surface area contributed by atoms with Crippen molar-refractivity contribution in [2.45, 2.75) is 31.7 Å². The molecule has 6 nitrogen and oxygen atoms in total. The number of phenolic OH excluding ortho intramolecular Hbond substituents is 1. The largest absolute Gasteiger partial charge is 0.507 e. The van der Waals surface area contributed by atoms with Gasteiger partial charge in [0.05, 0.1) is 10.6 Å². The number of anilines is 2. The molecule has 0 saturated heterocycles. The molecular formula is C43H36ClN3O3. The van der Waals surface area contributed by atoms with Crippen LogP contribution in [0.5, 0.6) is 5.75 Å². The number of ketones is 1. The summed E-state index contributed by atoms with van der Waals surface area (Å²) in [6.07, 6.45) is 11.6. The van der Waals surface area contributed by atoms with Crippen molar-refractivity contribution in [2.75, 3.05) is 10.6 Å². The Bertz CT molecular complexity index is 2430. The van der Waals surface area contributed by atoms with Crippen LogP contribution in [0, 0.1) is 10.4 Å². The van der Waals surface area contributed by atoms with E-state index in [0.717, 1.165) is 38.5 Å². The van der Waals surface area contributed by atoms with Crippen molar-refractivity contribution in [3.8, 4) is 5.75 Å². The van der Waals surface area contributed by atoms with Gasteiger partial charge in [-0.05, 0) is 99.8 Å². The van der Waals surface area contributed by atoms with E-state index in [9.17, 15) is 14.7 Å². The van der Waals surface area contributed by atoms with Crippen LogP contribution in [0.2, 0.25) is 5.02 Å². The number of aromatic hydroxyl groups is 1. The molecule has 0 radical (unpaired) electrons. The van der Waals surface area contributed by atoms with Gasteiger partial charge in [-0.25, -0.2) is 0 Å². The van der Waals surface area contributed by atoms with E-state index in [2.05, 4.69) is 47.9 Å². The van der Waals surface area contributed by atoms with Crippen LogP contribution < -0.4 is 26.8 Å². The Morgan fingerprint density at radius 1 is 0.860 bits per heavy atom. The molecule has 5 aromatic rings. The molecule has 50 heavy (non-hydrogen) atoms. The Morgan fingerprint density at radius 2 is 1.62 bits per heavy atom. The second-order valence-electron chi connectivity index (χ2n) is 12.6. The number of rotatable bonds is 4. The summed E-state index contributed by atoms with van der Waals surface area (Å²) in [6.45, 7) is 2.13. The van der Waals surface area contributed by atoms with E-state index in [4.69, 9.17) is 17.3 Å². The second kappa shape index (κ2) is 14.0. The summed E-state index contributed by atoms with van der Waals surface area (Å²) in [5.41, 5.74) is 13.4. The number of allylic oxidation sites excluding steroid dienone is 2. The zero-order chi connectivity index (χ0) is 34.8. The fraction of sp³-hybridized carbons (Fsp3) is 0.116. The van der Waals surface area contributed by atoms with Crippen molar-refractivity contribution in [3.63, 3.8) is 0 Å². The predicted octanol–water partition coefficient (Wildman–Crippen LogP) is 7.43. The summed E-state index contributed by atoms with van der Waals surface area (Å²) < 4.78 is 0. The molecule has 5 N–H and O–H groups in total. The number of para-hydroxylation sites is 1. The van der Waals surface area contributed by atoms with Crippen molar-refractivity contribution in [1.29, 1.82) is 0 Å². The Labute approximate surface area is 295 Å². The average molecular weight is 678 g/mol. The number of hydrogen-bond donors (Lipinski definition) is 4. The molecule has 0 saturated carbocycles. The van der Waals surface area contributed by atoms with E-state index in [1.807, 2.05) is 48.7 Å². The maximum Gasteiger partial charge on any atom is 0.257 e. The van der Waals surface area contributed by atoms with Crippen LogP contribution in [0.1, 0.15) is 56.7 Å². The third-order valence-electron chi connectivity index (χ3n) is 9.42. The zero-order valence-electron chi connectivity index (χ0n) is 27.5. The van der Waals surface area contributed by atoms with E-state index < -0.39 is 0 Å². The quantitative estimate of drug-likeness (QED) is 0.148. The first-order valence-electron chi connectivity index (χ1n) is 16.7. The van der Waals surface area contributed by atoms with Crippen molar-refractivity contribution in [3.05, 3.63) is 175 Å². The number of fused-ring (bicyclic) bond motifs is 5. The van der Waals surface area contributed by atoms with Crippen LogP contribution in [0.4, 0.5) is 11.4 Å². The molecule has 0 aromatic heterocycles. The minimum atomic E-state index is -0.373. The zero-order valence-corrected chi connectivity index (χ0v) is 28.2. The van der Waals surface area contributed by atoms with Gasteiger partial charge in [0.2, 0.25) is 0 Å². The maximum absolute atomic E-state index is 13.8. The molecule has 0 bridgehead atoms. The van der Waals surface area contributed by atoms with Gasteiger partial charge >= 0.3 is 0 Å². The lowest BCUT2D eigenvalue weighted by atomic mass is 9.79. The van der Waals surface area contributed by atoms with E-state index in [1.54, 1.807) is 54.6 Å². The number of amides is 1. The van der Waals surface area contributed by atoms with Crippen LogP contribution in [-0.2, 0) is 6.42 Å². The predicted molar refractivity (Wildman–Crippen MR) is 202 cm³/mol. The van der Waals surface area contributed by atoms with E-state index in [-0.39, 0.29) is 29.4 Å². The van der Waals surface area contributed by atoms with E-state index in [0.29, 0.717) is 33.8 Å². The van der Waals surface area contributed by atoms with Gasteiger partial charge in [-0.2, -0.15) is 0 Å². The Hall–Kier alpha value is -5.69. The van der Waals surface area contributed by atoms with Gasteiger partial charge in [-0.15, -0.1) is 0 Å². The number of Topliss-reactive ketones (excluding diaryl/α,β-unsaturated/α-hetero) is 1. The molecule has 2 atom stereocenters. The number of phenols is 1. The topological polar surface area (TPSA) is 104 Å². The summed E-state index contributed by atoms with van der Waals surface area (Å²) in [4.78, 5) is 26.4. The average Bonchev–Trinajstić information content (AvgIpc) is 3.38. The van der Waals surface area contributed by atoms with Gasteiger partial charge in [-0.3, -0.25) is 9.59 Å². The van der Waals surface area contributed by atoms with Gasteiger partial charge in [0, 0.05) is 45.9 Å². The second-order valence-corrected chi connectivity index (χ2v) is 13.0. The van der Waals surface area contributed by atoms with Crippen LogP contribution in [-0.4, -0.2) is 22.8 Å². The molecular weight excluding hydrogens is 642 g/mol. The molecule has 5 aromatic carbocycles. The van der Waals surface area contributed by atoms with Gasteiger partial charge in [0.15, 0.2) is 5.78 Å². The van der Waals surface area contributed by atoms with Crippen molar-refractivity contribution in [2.24, 2.45) is 5.73 Å². The number of nitrogens with one attached hydrogen (secondary N) is 2. The highest BCUT2D eigenvalue weighted by Crippen LogP contribution is 2.29. The highest BCUT2D eigenvalue weighted by molar-refractivity contribution is 6.34. The lowest BCUT2D eigenvalue weighted by molar-refractivity contribution is 0.102. The summed E-state index contributed by atoms with van der Waals surface area (Å²) in [7, 11) is 0. The number of benzene rings is 5. The standard InChI is InChI=1S/C33H27ClN2O3.C10H9N/c1-18-17-26-21(6-4-8-29(26)37)22-13-14-24-23(30(18)22)15-16-28(35)31(24)32(38)19-9-11-20(12-10-19)36-33(39)25-5-2-3-7-27(25)34;1-2-7-10-9(5-1)6-3-4-8-11-10/h2-14,17-18,28,37H,15-16,35H2,1H3,(H,36,39);1-8,11H. The van der Waals surface area contributed by atoms with Crippen LogP contribution in [0.15, 0.2) is 121 Å². The molecule has 248 valence electrons. The number of hydrogen-bond acceptors (Lipinski definition) is 5.